The predicted molar refractivity (Wildman–Crippen MR) is 113 cm³/mol. The summed E-state index contributed by atoms with van der Waals surface area (Å²) < 4.78 is 36.9. The van der Waals surface area contributed by atoms with E-state index in [0.717, 1.165) is 21.2 Å². The van der Waals surface area contributed by atoms with E-state index in [9.17, 15) is 8.42 Å². The number of benzene rings is 2. The minimum absolute atomic E-state index is 0.0442. The zero-order valence-corrected chi connectivity index (χ0v) is 17.9. The fourth-order valence-electron chi connectivity index (χ4n) is 2.97. The molecule has 0 radical (unpaired) electrons. The third-order valence-corrected chi connectivity index (χ3v) is 6.43. The van der Waals surface area contributed by atoms with Crippen LogP contribution in [0.3, 0.4) is 0 Å². The van der Waals surface area contributed by atoms with Gasteiger partial charge in [0.2, 0.25) is 5.82 Å². The van der Waals surface area contributed by atoms with Crippen LogP contribution in [0.5, 0.6) is 0 Å². The molecule has 8 heteroatoms. The third-order valence-electron chi connectivity index (χ3n) is 4.24. The highest BCUT2D eigenvalue weighted by Gasteiger charge is 2.19. The Hall–Kier alpha value is -2.71. The summed E-state index contributed by atoms with van der Waals surface area (Å²) in [5.74, 6) is 1.02. The van der Waals surface area contributed by atoms with Crippen molar-refractivity contribution in [2.45, 2.75) is 18.4 Å². The Morgan fingerprint density at radius 2 is 1.83 bits per heavy atom. The van der Waals surface area contributed by atoms with Crippen LogP contribution in [-0.2, 0) is 21.3 Å². The molecule has 6 nitrogen and oxygen atoms in total. The molecule has 0 saturated carbocycles. The van der Waals surface area contributed by atoms with E-state index in [1.807, 2.05) is 49.4 Å². The van der Waals surface area contributed by atoms with E-state index in [1.165, 1.54) is 0 Å². The van der Waals surface area contributed by atoms with Gasteiger partial charge in [0.25, 0.3) is 5.89 Å². The van der Waals surface area contributed by atoms with Gasteiger partial charge in [-0.3, -0.25) is 0 Å². The zero-order valence-electron chi connectivity index (χ0n) is 15.5. The minimum atomic E-state index is -3.38. The maximum atomic E-state index is 12.5. The van der Waals surface area contributed by atoms with Crippen molar-refractivity contribution >= 4 is 25.8 Å². The number of rotatable bonds is 6. The van der Waals surface area contributed by atoms with Gasteiger partial charge in [0, 0.05) is 10.0 Å². The Morgan fingerprint density at radius 3 is 2.62 bits per heavy atom. The van der Waals surface area contributed by atoms with Crippen LogP contribution in [0.1, 0.15) is 16.9 Å². The van der Waals surface area contributed by atoms with Crippen LogP contribution >= 0.6 is 15.9 Å². The summed E-state index contributed by atoms with van der Waals surface area (Å²) in [5, 5.41) is 3.98. The van der Waals surface area contributed by atoms with Crippen molar-refractivity contribution in [3.63, 3.8) is 0 Å². The second-order valence-corrected chi connectivity index (χ2v) is 9.61. The lowest BCUT2D eigenvalue weighted by Crippen LogP contribution is -2.07. The molecule has 0 fully saturated rings. The van der Waals surface area contributed by atoms with E-state index < -0.39 is 9.84 Å². The maximum absolute atomic E-state index is 12.5. The van der Waals surface area contributed by atoms with E-state index in [1.54, 1.807) is 18.2 Å². The third kappa shape index (κ3) is 4.65. The molecule has 4 aromatic rings. The van der Waals surface area contributed by atoms with Gasteiger partial charge in [-0.2, -0.15) is 4.98 Å². The molecule has 2 aromatic carbocycles. The van der Waals surface area contributed by atoms with E-state index in [4.69, 9.17) is 8.94 Å². The molecule has 0 saturated heterocycles. The average Bonchev–Trinajstić information content (AvgIpc) is 3.31. The monoisotopic (exact) mass is 472 g/mol. The van der Waals surface area contributed by atoms with Crippen LogP contribution in [0.25, 0.3) is 23.0 Å². The molecule has 0 aliphatic heterocycles. The number of hydrogen-bond acceptors (Lipinski definition) is 6. The largest absolute Gasteiger partial charge is 0.455 e. The molecule has 4 rings (SSSR count). The van der Waals surface area contributed by atoms with Crippen LogP contribution in [0.2, 0.25) is 0 Å². The highest BCUT2D eigenvalue weighted by atomic mass is 79.9. The molecule has 0 unspecified atom stereocenters. The summed E-state index contributed by atoms with van der Waals surface area (Å²) in [4.78, 5) is 4.35. The molecule has 0 amide bonds. The van der Waals surface area contributed by atoms with Crippen LogP contribution in [0.15, 0.2) is 74.1 Å². The first-order chi connectivity index (χ1) is 13.9. The normalized spacial score (nSPS) is 11.7. The van der Waals surface area contributed by atoms with E-state index >= 15 is 0 Å². The molecule has 2 heterocycles. The van der Waals surface area contributed by atoms with Crippen molar-refractivity contribution in [1.82, 2.24) is 10.1 Å². The molecule has 2 aromatic heterocycles. The highest BCUT2D eigenvalue weighted by Crippen LogP contribution is 2.29. The summed E-state index contributed by atoms with van der Waals surface area (Å²) in [6.45, 7) is 1.93. The van der Waals surface area contributed by atoms with Crippen molar-refractivity contribution < 1.29 is 17.4 Å². The van der Waals surface area contributed by atoms with Gasteiger partial charge in [0.15, 0.2) is 15.6 Å². The van der Waals surface area contributed by atoms with E-state index in [-0.39, 0.29) is 17.4 Å². The molecule has 0 spiro atoms. The van der Waals surface area contributed by atoms with Crippen molar-refractivity contribution in [3.05, 3.63) is 82.0 Å². The van der Waals surface area contributed by atoms with E-state index in [0.29, 0.717) is 17.3 Å². The predicted octanol–water partition coefficient (Wildman–Crippen LogP) is 5.18. The van der Waals surface area contributed by atoms with Gasteiger partial charge in [0.05, 0.1) is 5.75 Å². The summed E-state index contributed by atoms with van der Waals surface area (Å²) in [6, 6.07) is 18.2. The summed E-state index contributed by atoms with van der Waals surface area (Å²) >= 11 is 3.46. The second-order valence-electron chi connectivity index (χ2n) is 6.69. The lowest BCUT2D eigenvalue weighted by molar-refractivity contribution is 0.413. The first-order valence-corrected chi connectivity index (χ1v) is 11.4. The van der Waals surface area contributed by atoms with Gasteiger partial charge in [-0.25, -0.2) is 8.42 Å². The fourth-order valence-corrected chi connectivity index (χ4v) is 4.81. The number of aromatic nitrogens is 2. The quantitative estimate of drug-likeness (QED) is 0.384. The van der Waals surface area contributed by atoms with Gasteiger partial charge in [-0.15, -0.1) is 0 Å². The van der Waals surface area contributed by atoms with Crippen molar-refractivity contribution in [3.8, 4) is 23.0 Å². The molecule has 148 valence electrons. The van der Waals surface area contributed by atoms with Gasteiger partial charge in [-0.05, 0) is 36.8 Å². The Balaban J connectivity index is 1.51. The zero-order chi connectivity index (χ0) is 20.4. The molecule has 0 aliphatic rings. The molecular formula is C21H17BrN2O4S. The molecule has 0 bridgehead atoms. The Morgan fingerprint density at radius 1 is 1.00 bits per heavy atom. The first kappa shape index (κ1) is 19.6. The van der Waals surface area contributed by atoms with Gasteiger partial charge in [-0.1, -0.05) is 63.0 Å². The molecular weight excluding hydrogens is 456 g/mol. The Bertz CT molecular complexity index is 1260. The second kappa shape index (κ2) is 7.96. The topological polar surface area (TPSA) is 86.2 Å². The first-order valence-electron chi connectivity index (χ1n) is 8.83. The minimum Gasteiger partial charge on any atom is -0.455 e. The van der Waals surface area contributed by atoms with Crippen molar-refractivity contribution in [2.75, 3.05) is 0 Å². The molecule has 29 heavy (non-hydrogen) atoms. The lowest BCUT2D eigenvalue weighted by atomic mass is 10.2. The maximum Gasteiger partial charge on any atom is 0.293 e. The number of sulfone groups is 1. The van der Waals surface area contributed by atoms with Crippen LogP contribution in [-0.4, -0.2) is 18.6 Å². The van der Waals surface area contributed by atoms with Crippen LogP contribution in [0.4, 0.5) is 0 Å². The van der Waals surface area contributed by atoms with Gasteiger partial charge >= 0.3 is 0 Å². The number of aryl methyl sites for hydroxylation is 1. The summed E-state index contributed by atoms with van der Waals surface area (Å²) in [6.07, 6.45) is 0. The van der Waals surface area contributed by atoms with Gasteiger partial charge in [0.1, 0.15) is 11.5 Å². The van der Waals surface area contributed by atoms with Gasteiger partial charge < -0.3 is 8.94 Å². The van der Waals surface area contributed by atoms with Crippen molar-refractivity contribution in [1.29, 1.82) is 0 Å². The van der Waals surface area contributed by atoms with Crippen molar-refractivity contribution in [2.24, 2.45) is 0 Å². The van der Waals surface area contributed by atoms with E-state index in [2.05, 4.69) is 26.1 Å². The number of nitrogens with zero attached hydrogens (tertiary/aromatic N) is 2. The number of furan rings is 1. The SMILES string of the molecule is Cc1cccc(CS(=O)(=O)Cc2ccc(-c3nc(-c4ccccc4Br)no3)o2)c1. The van der Waals surface area contributed by atoms with Crippen LogP contribution < -0.4 is 0 Å². The fraction of sp³-hybridized carbons (Fsp3) is 0.143. The summed E-state index contributed by atoms with van der Waals surface area (Å²) in [5.41, 5.74) is 2.57. The summed E-state index contributed by atoms with van der Waals surface area (Å²) in [7, 11) is -3.38. The standard InChI is InChI=1S/C21H17BrN2O4S/c1-14-5-4-6-15(11-14)12-29(25,26)13-16-9-10-19(27-16)21-23-20(24-28-21)17-7-2-3-8-18(17)22/h2-11H,12-13H2,1H3. The Labute approximate surface area is 176 Å². The molecule has 0 N–H and O–H groups in total. The number of halogens is 1. The Kier molecular flexibility index (Phi) is 5.38. The highest BCUT2D eigenvalue weighted by molar-refractivity contribution is 9.10. The molecule has 0 atom stereocenters. The lowest BCUT2D eigenvalue weighted by Gasteiger charge is -2.04. The smallest absolute Gasteiger partial charge is 0.293 e. The number of hydrogen-bond donors (Lipinski definition) is 0. The molecule has 0 aliphatic carbocycles. The average molecular weight is 473 g/mol. The van der Waals surface area contributed by atoms with Crippen LogP contribution in [0, 0.1) is 6.92 Å².